The van der Waals surface area contributed by atoms with Crippen LogP contribution in [0.1, 0.15) is 49.2 Å². The number of piperazine rings is 1. The molecule has 4 aromatic rings. The van der Waals surface area contributed by atoms with E-state index in [0.29, 0.717) is 16.3 Å². The number of amides is 2. The Morgan fingerprint density at radius 1 is 1.15 bits per heavy atom. The average Bonchev–Trinajstić information content (AvgIpc) is 3.31. The maximum atomic E-state index is 13.1. The first-order valence-electron chi connectivity index (χ1n) is 12.9. The predicted molar refractivity (Wildman–Crippen MR) is 149 cm³/mol. The van der Waals surface area contributed by atoms with Gasteiger partial charge >= 0.3 is 0 Å². The maximum Gasteiger partial charge on any atom is 0.246 e. The fourth-order valence-electron chi connectivity index (χ4n) is 5.28. The van der Waals surface area contributed by atoms with Crippen LogP contribution in [-0.4, -0.2) is 48.5 Å². The van der Waals surface area contributed by atoms with Crippen LogP contribution < -0.4 is 10.1 Å². The Morgan fingerprint density at radius 2 is 1.92 bits per heavy atom. The molecule has 3 atom stereocenters. The van der Waals surface area contributed by atoms with Gasteiger partial charge in [0.1, 0.15) is 36.3 Å². The molecular formula is C29H31ClN6O3. The van der Waals surface area contributed by atoms with Gasteiger partial charge in [-0.2, -0.15) is 5.10 Å². The van der Waals surface area contributed by atoms with Gasteiger partial charge in [-0.15, -0.1) is 0 Å². The first kappa shape index (κ1) is 26.6. The highest BCUT2D eigenvalue weighted by Gasteiger charge is 2.39. The van der Waals surface area contributed by atoms with Crippen molar-refractivity contribution in [3.63, 3.8) is 0 Å². The molecule has 0 saturated carbocycles. The Morgan fingerprint density at radius 3 is 2.64 bits per heavy atom. The number of nitrogens with one attached hydrogen (secondary N) is 1. The maximum absolute atomic E-state index is 13.1. The molecule has 10 heteroatoms. The lowest BCUT2D eigenvalue weighted by molar-refractivity contribution is -0.150. The molecule has 0 radical (unpaired) electrons. The monoisotopic (exact) mass is 546 g/mol. The van der Waals surface area contributed by atoms with Crippen LogP contribution in [0.5, 0.6) is 5.75 Å². The van der Waals surface area contributed by atoms with Gasteiger partial charge in [0.2, 0.25) is 11.8 Å². The molecule has 0 spiro atoms. The zero-order valence-corrected chi connectivity index (χ0v) is 23.6. The molecule has 2 aromatic heterocycles. The molecule has 1 aliphatic heterocycles. The standard InChI is InChI=1S/C29H31ClN6O3/c1-15-10-21(18(4)36-19(5)28(37)34-17(3)29(36)38)23(24(30)11-15)13-39-25-9-7-8-20-22(12-16(2)33-26(20)25)27-31-14-32-35(27)6/h7-12,14,17-19H,13H2,1-6H3,(H,34,37)/t17-,18+,19-/m1/s1. The van der Waals surface area contributed by atoms with Crippen molar-refractivity contribution in [3.8, 4) is 17.1 Å². The van der Waals surface area contributed by atoms with E-state index in [2.05, 4.69) is 15.4 Å². The van der Waals surface area contributed by atoms with Crippen molar-refractivity contribution in [1.29, 1.82) is 0 Å². The minimum Gasteiger partial charge on any atom is -0.487 e. The zero-order chi connectivity index (χ0) is 28.0. The van der Waals surface area contributed by atoms with E-state index in [-0.39, 0.29) is 18.4 Å². The number of rotatable bonds is 6. The number of aryl methyl sites for hydroxylation is 3. The minimum atomic E-state index is -0.610. The third-order valence-corrected chi connectivity index (χ3v) is 7.61. The Hall–Kier alpha value is -3.98. The zero-order valence-electron chi connectivity index (χ0n) is 22.8. The first-order chi connectivity index (χ1) is 18.6. The summed E-state index contributed by atoms with van der Waals surface area (Å²) in [6, 6.07) is 10.1. The third-order valence-electron chi connectivity index (χ3n) is 7.28. The SMILES string of the molecule is Cc1cc(Cl)c(COc2cccc3c(-c4ncnn4C)cc(C)nc23)c([C@H](C)N2C(=O)[C@@H](C)NC(=O)[C@H]2C)c1. The number of carbonyl (C=O) groups excluding carboxylic acids is 2. The van der Waals surface area contributed by atoms with E-state index in [1.165, 1.54) is 6.33 Å². The van der Waals surface area contributed by atoms with Crippen LogP contribution in [0.3, 0.4) is 0 Å². The van der Waals surface area contributed by atoms with Crippen LogP contribution in [0.4, 0.5) is 0 Å². The summed E-state index contributed by atoms with van der Waals surface area (Å²) >= 11 is 6.77. The minimum absolute atomic E-state index is 0.135. The summed E-state index contributed by atoms with van der Waals surface area (Å²) in [5.74, 6) is 1.02. The Kier molecular flexibility index (Phi) is 7.03. The molecule has 2 aromatic carbocycles. The highest BCUT2D eigenvalue weighted by molar-refractivity contribution is 6.31. The van der Waals surface area contributed by atoms with Crippen LogP contribution in [0.15, 0.2) is 42.7 Å². The normalized spacial score (nSPS) is 18.4. The van der Waals surface area contributed by atoms with Crippen molar-refractivity contribution >= 4 is 34.3 Å². The predicted octanol–water partition coefficient (Wildman–Crippen LogP) is 4.68. The number of hydrogen-bond donors (Lipinski definition) is 1. The van der Waals surface area contributed by atoms with Crippen LogP contribution in [-0.2, 0) is 23.2 Å². The van der Waals surface area contributed by atoms with Gasteiger partial charge in [0.25, 0.3) is 0 Å². The third kappa shape index (κ3) is 4.83. The van der Waals surface area contributed by atoms with E-state index in [1.807, 2.05) is 64.2 Å². The summed E-state index contributed by atoms with van der Waals surface area (Å²) in [4.78, 5) is 36.5. The molecule has 0 bridgehead atoms. The summed E-state index contributed by atoms with van der Waals surface area (Å²) in [6.07, 6.45) is 1.53. The first-order valence-corrected chi connectivity index (χ1v) is 13.2. The second-order valence-electron chi connectivity index (χ2n) is 10.1. The number of nitrogens with zero attached hydrogens (tertiary/aromatic N) is 5. The number of benzene rings is 2. The average molecular weight is 547 g/mol. The molecule has 1 fully saturated rings. The number of aromatic nitrogens is 4. The van der Waals surface area contributed by atoms with Gasteiger partial charge in [-0.1, -0.05) is 29.8 Å². The topological polar surface area (TPSA) is 102 Å². The van der Waals surface area contributed by atoms with Crippen LogP contribution in [0, 0.1) is 13.8 Å². The number of carbonyl (C=O) groups is 2. The van der Waals surface area contributed by atoms with Gasteiger partial charge in [-0.05, 0) is 63.9 Å². The number of para-hydroxylation sites is 1. The van der Waals surface area contributed by atoms with Crippen molar-refractivity contribution < 1.29 is 14.3 Å². The van der Waals surface area contributed by atoms with E-state index in [0.717, 1.165) is 39.2 Å². The number of hydrogen-bond acceptors (Lipinski definition) is 6. The van der Waals surface area contributed by atoms with E-state index < -0.39 is 18.1 Å². The molecule has 0 aliphatic carbocycles. The molecule has 3 heterocycles. The summed E-state index contributed by atoms with van der Waals surface area (Å²) in [7, 11) is 1.85. The van der Waals surface area contributed by atoms with Crippen LogP contribution >= 0.6 is 11.6 Å². The van der Waals surface area contributed by atoms with Crippen molar-refractivity contribution in [1.82, 2.24) is 30.0 Å². The van der Waals surface area contributed by atoms with E-state index >= 15 is 0 Å². The van der Waals surface area contributed by atoms with Gasteiger partial charge in [0, 0.05) is 34.3 Å². The van der Waals surface area contributed by atoms with Gasteiger partial charge in [0.15, 0.2) is 5.82 Å². The van der Waals surface area contributed by atoms with E-state index in [4.69, 9.17) is 21.3 Å². The van der Waals surface area contributed by atoms with E-state index in [9.17, 15) is 9.59 Å². The molecule has 1 N–H and O–H groups in total. The fourth-order valence-corrected chi connectivity index (χ4v) is 5.61. The molecule has 9 nitrogen and oxygen atoms in total. The molecule has 1 aliphatic rings. The second-order valence-corrected chi connectivity index (χ2v) is 10.5. The summed E-state index contributed by atoms with van der Waals surface area (Å²) in [6.45, 7) is 9.40. The van der Waals surface area contributed by atoms with Crippen molar-refractivity contribution in [3.05, 3.63) is 70.1 Å². The lowest BCUT2D eigenvalue weighted by Crippen LogP contribution is -2.61. The molecule has 2 amide bonds. The molecular weight excluding hydrogens is 516 g/mol. The van der Waals surface area contributed by atoms with Crippen LogP contribution in [0.25, 0.3) is 22.3 Å². The number of halogens is 1. The quantitative estimate of drug-likeness (QED) is 0.377. The van der Waals surface area contributed by atoms with Crippen molar-refractivity contribution in [2.75, 3.05) is 0 Å². The number of fused-ring (bicyclic) bond motifs is 1. The van der Waals surface area contributed by atoms with Gasteiger partial charge in [-0.3, -0.25) is 9.59 Å². The van der Waals surface area contributed by atoms with Gasteiger partial charge in [-0.25, -0.2) is 14.6 Å². The largest absolute Gasteiger partial charge is 0.487 e. The summed E-state index contributed by atoms with van der Waals surface area (Å²) in [5.41, 5.74) is 4.99. The molecule has 0 unspecified atom stereocenters. The Labute approximate surface area is 232 Å². The molecule has 5 rings (SSSR count). The number of pyridine rings is 1. The smallest absolute Gasteiger partial charge is 0.246 e. The highest BCUT2D eigenvalue weighted by atomic mass is 35.5. The Bertz CT molecular complexity index is 1600. The van der Waals surface area contributed by atoms with Crippen molar-refractivity contribution in [2.24, 2.45) is 7.05 Å². The molecule has 202 valence electrons. The van der Waals surface area contributed by atoms with Crippen LogP contribution in [0.2, 0.25) is 5.02 Å². The summed E-state index contributed by atoms with van der Waals surface area (Å²) < 4.78 is 8.11. The lowest BCUT2D eigenvalue weighted by atomic mass is 9.95. The van der Waals surface area contributed by atoms with Gasteiger partial charge < -0.3 is 15.0 Å². The van der Waals surface area contributed by atoms with Crippen molar-refractivity contribution in [2.45, 2.75) is 59.4 Å². The second kappa shape index (κ2) is 10.3. The fraction of sp³-hybridized carbons (Fsp3) is 0.345. The highest BCUT2D eigenvalue weighted by Crippen LogP contribution is 2.36. The molecule has 39 heavy (non-hydrogen) atoms. The number of ether oxygens (including phenoxy) is 1. The van der Waals surface area contributed by atoms with E-state index in [1.54, 1.807) is 23.4 Å². The molecule has 1 saturated heterocycles. The summed E-state index contributed by atoms with van der Waals surface area (Å²) in [5, 5.41) is 8.39. The van der Waals surface area contributed by atoms with Gasteiger partial charge in [0.05, 0.1) is 6.04 Å². The lowest BCUT2D eigenvalue weighted by Gasteiger charge is -2.40. The Balaban J connectivity index is 1.53.